The Morgan fingerprint density at radius 1 is 1.00 bits per heavy atom. The zero-order valence-corrected chi connectivity index (χ0v) is 14.9. The van der Waals surface area contributed by atoms with Gasteiger partial charge in [0.1, 0.15) is 5.75 Å². The summed E-state index contributed by atoms with van der Waals surface area (Å²) < 4.78 is 10.6. The average Bonchev–Trinajstić information content (AvgIpc) is 2.65. The van der Waals surface area contributed by atoms with Crippen molar-refractivity contribution in [3.05, 3.63) is 65.2 Å². The summed E-state index contributed by atoms with van der Waals surface area (Å²) in [7, 11) is 0. The third-order valence-electron chi connectivity index (χ3n) is 3.72. The van der Waals surface area contributed by atoms with E-state index in [-0.39, 0.29) is 11.1 Å². The van der Waals surface area contributed by atoms with Crippen molar-refractivity contribution in [1.29, 1.82) is 5.26 Å². The minimum absolute atomic E-state index is 0.144. The van der Waals surface area contributed by atoms with Gasteiger partial charge in [0.25, 0.3) is 0 Å². The SMILES string of the molecule is CC(C)CCCOC(=O)c1ccccc1C(=O)Oc1ccc(C#N)cc1. The van der Waals surface area contributed by atoms with E-state index in [1.54, 1.807) is 30.3 Å². The second kappa shape index (κ2) is 9.38. The fourth-order valence-electron chi connectivity index (χ4n) is 2.33. The minimum Gasteiger partial charge on any atom is -0.462 e. The highest BCUT2D eigenvalue weighted by atomic mass is 16.5. The van der Waals surface area contributed by atoms with Gasteiger partial charge in [-0.25, -0.2) is 9.59 Å². The molecule has 0 spiro atoms. The third-order valence-corrected chi connectivity index (χ3v) is 3.72. The van der Waals surface area contributed by atoms with Crippen molar-refractivity contribution in [2.75, 3.05) is 6.61 Å². The quantitative estimate of drug-likeness (QED) is 0.420. The van der Waals surface area contributed by atoms with Crippen molar-refractivity contribution in [2.24, 2.45) is 5.92 Å². The summed E-state index contributed by atoms with van der Waals surface area (Å²) in [5.74, 6) is -0.344. The van der Waals surface area contributed by atoms with Gasteiger partial charge in [0.05, 0.1) is 29.4 Å². The van der Waals surface area contributed by atoms with Crippen LogP contribution in [0.3, 0.4) is 0 Å². The smallest absolute Gasteiger partial charge is 0.344 e. The molecule has 5 nitrogen and oxygen atoms in total. The van der Waals surface area contributed by atoms with Gasteiger partial charge in [0.15, 0.2) is 0 Å². The van der Waals surface area contributed by atoms with Gasteiger partial charge in [-0.05, 0) is 55.2 Å². The summed E-state index contributed by atoms with van der Waals surface area (Å²) >= 11 is 0. The van der Waals surface area contributed by atoms with E-state index in [1.165, 1.54) is 18.2 Å². The van der Waals surface area contributed by atoms with E-state index in [1.807, 2.05) is 6.07 Å². The summed E-state index contributed by atoms with van der Waals surface area (Å²) in [6.45, 7) is 4.53. The maximum absolute atomic E-state index is 12.4. The molecule has 2 aromatic rings. The van der Waals surface area contributed by atoms with E-state index in [9.17, 15) is 9.59 Å². The fraction of sp³-hybridized carbons (Fsp3) is 0.286. The van der Waals surface area contributed by atoms with Gasteiger partial charge < -0.3 is 9.47 Å². The van der Waals surface area contributed by atoms with Crippen molar-refractivity contribution in [1.82, 2.24) is 0 Å². The molecule has 0 N–H and O–H groups in total. The number of rotatable bonds is 7. The number of esters is 2. The molecule has 0 aliphatic heterocycles. The Labute approximate surface area is 153 Å². The molecule has 0 amide bonds. The molecule has 26 heavy (non-hydrogen) atoms. The molecule has 0 aliphatic rings. The lowest BCUT2D eigenvalue weighted by molar-refractivity contribution is 0.0486. The van der Waals surface area contributed by atoms with Crippen LogP contribution >= 0.6 is 0 Å². The molecule has 0 saturated heterocycles. The first kappa shape index (κ1) is 19.2. The summed E-state index contributed by atoms with van der Waals surface area (Å²) in [4.78, 5) is 24.7. The Hall–Kier alpha value is -3.13. The first-order valence-corrected chi connectivity index (χ1v) is 8.49. The fourth-order valence-corrected chi connectivity index (χ4v) is 2.33. The standard InChI is InChI=1S/C21H21NO4/c1-15(2)6-5-13-25-20(23)18-7-3-4-8-19(18)21(24)26-17-11-9-16(14-22)10-12-17/h3-4,7-12,15H,5-6,13H2,1-2H3. The zero-order chi connectivity index (χ0) is 18.9. The molecule has 134 valence electrons. The molecule has 0 saturated carbocycles. The number of nitrogens with zero attached hydrogens (tertiary/aromatic N) is 1. The first-order valence-electron chi connectivity index (χ1n) is 8.49. The van der Waals surface area contributed by atoms with Crippen LogP contribution in [-0.4, -0.2) is 18.5 Å². The van der Waals surface area contributed by atoms with Gasteiger partial charge in [-0.2, -0.15) is 5.26 Å². The van der Waals surface area contributed by atoms with Gasteiger partial charge in [0.2, 0.25) is 0 Å². The summed E-state index contributed by atoms with van der Waals surface area (Å²) in [6.07, 6.45) is 1.75. The number of carbonyl (C=O) groups is 2. The van der Waals surface area contributed by atoms with Gasteiger partial charge in [0, 0.05) is 0 Å². The number of ether oxygens (including phenoxy) is 2. The van der Waals surface area contributed by atoms with Crippen molar-refractivity contribution in [3.63, 3.8) is 0 Å². The molecule has 2 rings (SSSR count). The summed E-state index contributed by atoms with van der Waals surface area (Å²) in [5.41, 5.74) is 0.789. The lowest BCUT2D eigenvalue weighted by atomic mass is 10.1. The summed E-state index contributed by atoms with van der Waals surface area (Å²) in [6, 6.07) is 14.6. The van der Waals surface area contributed by atoms with Gasteiger partial charge in [-0.1, -0.05) is 26.0 Å². The third kappa shape index (κ3) is 5.45. The van der Waals surface area contributed by atoms with Crippen molar-refractivity contribution in [3.8, 4) is 11.8 Å². The van der Waals surface area contributed by atoms with Crippen molar-refractivity contribution in [2.45, 2.75) is 26.7 Å². The number of benzene rings is 2. The topological polar surface area (TPSA) is 76.4 Å². The van der Waals surface area contributed by atoms with E-state index in [0.29, 0.717) is 23.8 Å². The molecule has 0 bridgehead atoms. The Kier molecular flexibility index (Phi) is 6.92. The number of nitriles is 1. The highest BCUT2D eigenvalue weighted by Gasteiger charge is 2.19. The van der Waals surface area contributed by atoms with E-state index >= 15 is 0 Å². The Morgan fingerprint density at radius 2 is 1.62 bits per heavy atom. The monoisotopic (exact) mass is 351 g/mol. The van der Waals surface area contributed by atoms with Crippen LogP contribution in [0.1, 0.15) is 53.0 Å². The predicted molar refractivity (Wildman–Crippen MR) is 96.9 cm³/mol. The number of hydrogen-bond donors (Lipinski definition) is 0. The molecular formula is C21H21NO4. The molecule has 0 aliphatic carbocycles. The van der Waals surface area contributed by atoms with E-state index in [4.69, 9.17) is 14.7 Å². The number of carbonyl (C=O) groups excluding carboxylic acids is 2. The van der Waals surface area contributed by atoms with Crippen LogP contribution in [0.5, 0.6) is 5.75 Å². The van der Waals surface area contributed by atoms with Crippen LogP contribution in [-0.2, 0) is 4.74 Å². The Morgan fingerprint density at radius 3 is 2.19 bits per heavy atom. The van der Waals surface area contributed by atoms with Crippen LogP contribution in [0.25, 0.3) is 0 Å². The molecule has 2 aromatic carbocycles. The molecule has 5 heteroatoms. The lowest BCUT2D eigenvalue weighted by Crippen LogP contribution is -2.16. The normalized spacial score (nSPS) is 10.2. The van der Waals surface area contributed by atoms with Gasteiger partial charge in [-0.3, -0.25) is 0 Å². The van der Waals surface area contributed by atoms with Gasteiger partial charge >= 0.3 is 11.9 Å². The molecule has 0 fully saturated rings. The van der Waals surface area contributed by atoms with Crippen molar-refractivity contribution < 1.29 is 19.1 Å². The van der Waals surface area contributed by atoms with E-state index < -0.39 is 11.9 Å². The van der Waals surface area contributed by atoms with Crippen LogP contribution in [0.4, 0.5) is 0 Å². The predicted octanol–water partition coefficient (Wildman–Crippen LogP) is 4.37. The second-order valence-electron chi connectivity index (χ2n) is 6.24. The maximum Gasteiger partial charge on any atom is 0.344 e. The zero-order valence-electron chi connectivity index (χ0n) is 14.9. The Bertz CT molecular complexity index is 804. The molecule has 0 unspecified atom stereocenters. The lowest BCUT2D eigenvalue weighted by Gasteiger charge is -2.10. The minimum atomic E-state index is -0.649. The maximum atomic E-state index is 12.4. The van der Waals surface area contributed by atoms with E-state index in [2.05, 4.69) is 13.8 Å². The highest BCUT2D eigenvalue weighted by molar-refractivity contribution is 6.03. The molecule has 0 radical (unpaired) electrons. The van der Waals surface area contributed by atoms with Crippen LogP contribution in [0.15, 0.2) is 48.5 Å². The first-order chi connectivity index (χ1) is 12.5. The largest absolute Gasteiger partial charge is 0.462 e. The average molecular weight is 351 g/mol. The second-order valence-corrected chi connectivity index (χ2v) is 6.24. The van der Waals surface area contributed by atoms with E-state index in [0.717, 1.165) is 12.8 Å². The number of hydrogen-bond acceptors (Lipinski definition) is 5. The van der Waals surface area contributed by atoms with Crippen LogP contribution in [0.2, 0.25) is 0 Å². The highest BCUT2D eigenvalue weighted by Crippen LogP contribution is 2.17. The molecule has 0 atom stereocenters. The molecule has 0 aromatic heterocycles. The van der Waals surface area contributed by atoms with Crippen molar-refractivity contribution >= 4 is 11.9 Å². The molecular weight excluding hydrogens is 330 g/mol. The summed E-state index contributed by atoms with van der Waals surface area (Å²) in [5, 5.41) is 8.80. The van der Waals surface area contributed by atoms with Crippen LogP contribution in [0, 0.1) is 17.2 Å². The van der Waals surface area contributed by atoms with Gasteiger partial charge in [-0.15, -0.1) is 0 Å². The van der Waals surface area contributed by atoms with Crippen LogP contribution < -0.4 is 4.74 Å². The Balaban J connectivity index is 2.05. The molecule has 0 heterocycles.